The fourth-order valence-corrected chi connectivity index (χ4v) is 30.0. The minimum Gasteiger partial charge on any atom is -0.555 e. The molecule has 1 aliphatic rings. The van der Waals surface area contributed by atoms with E-state index in [0.717, 1.165) is 31.3 Å². The molecular formula is C46H85N3O18RfSi4-2. The van der Waals surface area contributed by atoms with Crippen LogP contribution in [-0.4, -0.2) is 162 Å². The van der Waals surface area contributed by atoms with Gasteiger partial charge < -0.3 is 70.3 Å². The van der Waals surface area contributed by atoms with E-state index in [1.165, 1.54) is 6.42 Å². The number of rotatable bonds is 40. The van der Waals surface area contributed by atoms with Gasteiger partial charge in [-0.05, 0) is 82.5 Å². The van der Waals surface area contributed by atoms with Crippen LogP contribution in [-0.2, 0) is 83.1 Å². The third-order valence-corrected chi connectivity index (χ3v) is 28.8. The quantitative estimate of drug-likeness (QED) is 0.0181. The number of esters is 3. The predicted octanol–water partition coefficient (Wildman–Crippen LogP) is 5.07. The van der Waals surface area contributed by atoms with Gasteiger partial charge in [0.15, 0.2) is 0 Å². The van der Waals surface area contributed by atoms with Gasteiger partial charge in [-0.2, -0.15) is 0 Å². The predicted molar refractivity (Wildman–Crippen MR) is 275 cm³/mol. The van der Waals surface area contributed by atoms with Gasteiger partial charge in [-0.15, -0.1) is 0 Å². The van der Waals surface area contributed by atoms with Crippen LogP contribution in [0.15, 0.2) is 38.0 Å². The maximum atomic E-state index is 12.2. The van der Waals surface area contributed by atoms with E-state index in [2.05, 4.69) is 61.6 Å². The molecule has 21 nitrogen and oxygen atoms in total. The van der Waals surface area contributed by atoms with Crippen molar-refractivity contribution < 1.29 is 83.1 Å². The van der Waals surface area contributed by atoms with Crippen molar-refractivity contribution in [1.82, 2.24) is 16.0 Å². The van der Waals surface area contributed by atoms with E-state index in [9.17, 15) is 28.8 Å². The number of nitrogens with one attached hydrogen (secondary N) is 3. The Hall–Kier alpha value is -4.45. The van der Waals surface area contributed by atoms with E-state index in [0.29, 0.717) is 76.3 Å². The Bertz CT molecular complexity index is 1500. The van der Waals surface area contributed by atoms with Crippen LogP contribution in [0.2, 0.25) is 50.4 Å². The first kappa shape index (κ1) is 69.6. The molecule has 0 aromatic carbocycles. The fraction of sp³-hybridized carbons (Fsp3) is 0.696. The number of carbonyl (C=O) groups excluding carboxylic acids is 6. The van der Waals surface area contributed by atoms with Crippen molar-refractivity contribution >= 4 is 69.9 Å². The zero-order valence-corrected chi connectivity index (χ0v) is 54.3. The smallest absolute Gasteiger partial charge is 0.330 e. The molecule has 0 aromatic heterocycles. The number of ether oxygens (including phenoxy) is 8. The molecule has 0 aliphatic carbocycles. The Kier molecular flexibility index (Phi) is 40.6. The van der Waals surface area contributed by atoms with E-state index >= 15 is 0 Å². The van der Waals surface area contributed by atoms with Gasteiger partial charge in [0, 0.05) is 70.5 Å². The Labute approximate surface area is 427 Å². The van der Waals surface area contributed by atoms with Gasteiger partial charge in [0.05, 0.1) is 39.5 Å². The third kappa shape index (κ3) is 37.3. The van der Waals surface area contributed by atoms with Crippen molar-refractivity contribution in [2.45, 2.75) is 115 Å². The summed E-state index contributed by atoms with van der Waals surface area (Å²) >= 11 is 0. The molecule has 0 aromatic rings. The van der Waals surface area contributed by atoms with Gasteiger partial charge >= 0.3 is 52.2 Å². The van der Waals surface area contributed by atoms with Crippen LogP contribution in [0.5, 0.6) is 0 Å². The molecule has 26 heteroatoms. The summed E-state index contributed by atoms with van der Waals surface area (Å²) in [5.41, 5.74) is 0. The topological polar surface area (TPSA) is 249 Å². The zero-order chi connectivity index (χ0) is 53.3. The van der Waals surface area contributed by atoms with E-state index < -0.39 is 52.2 Å². The molecule has 1 rings (SSSR count). The SMILES string of the molecule is C=CC(=O)OCCNC(=O)CCOCCC[Si]1(C)O[Si](C)(CCCO[CH2-])O[Si](C)(CCCOCCC(=O)NCCOC(=O)C=C)O[Si](C)(CCCOCCC(=O)NCCOC(=O)C=C)O1.[CH2-]OCCCC.[Rf]. The van der Waals surface area contributed by atoms with Gasteiger partial charge in [-0.1, -0.05) is 33.1 Å². The minimum absolute atomic E-state index is 0. The van der Waals surface area contributed by atoms with Crippen molar-refractivity contribution in [3.63, 3.8) is 0 Å². The molecule has 0 saturated carbocycles. The summed E-state index contributed by atoms with van der Waals surface area (Å²) < 4.78 is 70.5. The largest absolute Gasteiger partial charge is 0.555 e. The second-order valence-corrected chi connectivity index (χ2v) is 31.1. The molecule has 412 valence electrons. The molecule has 3 amide bonds. The molecule has 0 bridgehead atoms. The van der Waals surface area contributed by atoms with Gasteiger partial charge in [-0.25, -0.2) is 28.6 Å². The van der Waals surface area contributed by atoms with E-state index in [4.69, 9.17) is 49.6 Å². The number of hydrogen-bond acceptors (Lipinski definition) is 18. The first-order valence-electron chi connectivity index (χ1n) is 24.3. The Morgan fingerprint density at radius 3 is 0.944 bits per heavy atom. The molecule has 3 N–H and O–H groups in total. The Balaban J connectivity index is 0. The van der Waals surface area contributed by atoms with Crippen LogP contribution in [0.25, 0.3) is 0 Å². The van der Waals surface area contributed by atoms with Crippen LogP contribution in [0.3, 0.4) is 0 Å². The molecule has 1 heterocycles. The fourth-order valence-electron chi connectivity index (χ4n) is 6.82. The molecule has 72 heavy (non-hydrogen) atoms. The van der Waals surface area contributed by atoms with Gasteiger partial charge in [0.2, 0.25) is 17.7 Å². The summed E-state index contributed by atoms with van der Waals surface area (Å²) in [4.78, 5) is 70.3. The number of hydrogen-bond donors (Lipinski definition) is 3. The van der Waals surface area contributed by atoms with Gasteiger partial charge in [-0.3, -0.25) is 14.4 Å². The Morgan fingerprint density at radius 1 is 0.444 bits per heavy atom. The Morgan fingerprint density at radius 2 is 0.708 bits per heavy atom. The summed E-state index contributed by atoms with van der Waals surface area (Å²) in [6, 6.07) is 2.35. The van der Waals surface area contributed by atoms with Gasteiger partial charge in [0.1, 0.15) is 19.8 Å². The molecule has 1 aliphatic heterocycles. The van der Waals surface area contributed by atoms with Crippen LogP contribution in [0.4, 0.5) is 0 Å². The van der Waals surface area contributed by atoms with Crippen LogP contribution in [0.1, 0.15) is 64.7 Å². The van der Waals surface area contributed by atoms with E-state index in [1.807, 2.05) is 26.2 Å². The average molecular weight is 1350 g/mol. The summed E-state index contributed by atoms with van der Waals surface area (Å²) in [5, 5.41) is 8.05. The molecule has 2 unspecified atom stereocenters. The van der Waals surface area contributed by atoms with Crippen molar-refractivity contribution in [3.05, 3.63) is 52.2 Å². The third-order valence-electron chi connectivity index (χ3n) is 9.97. The monoisotopic (exact) mass is 1350 g/mol. The number of amides is 3. The van der Waals surface area contributed by atoms with Gasteiger partial charge in [0.25, 0.3) is 0 Å². The van der Waals surface area contributed by atoms with Crippen molar-refractivity contribution in [3.8, 4) is 0 Å². The summed E-state index contributed by atoms with van der Waals surface area (Å²) in [5.74, 6) is -2.35. The van der Waals surface area contributed by atoms with Crippen LogP contribution in [0, 0.1) is 14.2 Å². The first-order valence-corrected chi connectivity index (χ1v) is 34.4. The van der Waals surface area contributed by atoms with Crippen LogP contribution < -0.4 is 16.0 Å². The molecular weight excluding hydrogens is 1260 g/mol. The second-order valence-electron chi connectivity index (χ2n) is 16.8. The summed E-state index contributed by atoms with van der Waals surface area (Å²) in [7, 11) is -5.29. The normalized spacial score (nSPS) is 20.4. The standard InChI is InChI=1S/C41H74N3O17Si4.C5H11O.Rf/c1-9-39(48)55-29-19-42-36(45)16-26-52-23-13-33-63(6)58-62(5,32-12-22-51-4)59-64(7,34-14-24-53-27-17-37(46)43-20-30-56-40(49)10-2)61-65(8,60-63)35-15-25-54-28-18-38(47)44-21-31-57-41(50)11-3;1-3-4-5-6-2;/h9-11H,1-4,12-35H2,5-8H3,(H,42,45)(H,43,46)(H,44,47);2-5H2,1H3;/q2*-1;. The van der Waals surface area contributed by atoms with Crippen molar-refractivity contribution in [2.24, 2.45) is 0 Å². The van der Waals surface area contributed by atoms with E-state index in [1.54, 1.807) is 0 Å². The average Bonchev–Trinajstić information content (AvgIpc) is 3.32. The maximum Gasteiger partial charge on any atom is 0.330 e. The maximum absolute atomic E-state index is 12.2. The molecule has 1 fully saturated rings. The minimum atomic E-state index is -3.05. The van der Waals surface area contributed by atoms with Crippen molar-refractivity contribution in [2.75, 3.05) is 92.3 Å². The summed E-state index contributed by atoms with van der Waals surface area (Å²) in [6.45, 7) is 23.9. The zero-order valence-electron chi connectivity index (χ0n) is 43.9. The molecule has 0 radical (unpaired) electrons. The van der Waals surface area contributed by atoms with Crippen molar-refractivity contribution in [1.29, 1.82) is 0 Å². The summed E-state index contributed by atoms with van der Waals surface area (Å²) in [6.07, 6.45) is 8.38. The first-order chi connectivity index (χ1) is 33.8. The molecule has 2 atom stereocenters. The van der Waals surface area contributed by atoms with E-state index in [-0.39, 0.29) is 96.3 Å². The number of carbonyl (C=O) groups is 6. The molecule has 0 spiro atoms. The number of unbranched alkanes of at least 4 members (excludes halogenated alkanes) is 1. The second kappa shape index (κ2) is 42.0. The van der Waals surface area contributed by atoms with Crippen LogP contribution >= 0.6 is 0 Å². The molecule has 1 saturated heterocycles.